The van der Waals surface area contributed by atoms with Gasteiger partial charge in [-0.05, 0) is 48.0 Å². The van der Waals surface area contributed by atoms with Gasteiger partial charge in [0.15, 0.2) is 0 Å². The van der Waals surface area contributed by atoms with E-state index in [9.17, 15) is 14.0 Å². The van der Waals surface area contributed by atoms with Gasteiger partial charge in [-0.25, -0.2) is 9.37 Å². The Bertz CT molecular complexity index is 1250. The summed E-state index contributed by atoms with van der Waals surface area (Å²) in [5, 5.41) is 0. The Balaban J connectivity index is 1.51. The van der Waals surface area contributed by atoms with Gasteiger partial charge in [0.1, 0.15) is 29.9 Å². The summed E-state index contributed by atoms with van der Waals surface area (Å²) < 4.78 is 21.4. The molecule has 1 unspecified atom stereocenters. The second-order valence-corrected chi connectivity index (χ2v) is 7.29. The number of amides is 2. The first-order valence-electron chi connectivity index (χ1n) is 9.90. The summed E-state index contributed by atoms with van der Waals surface area (Å²) in [5.74, 6) is -1.25. The standard InChI is InChI=1S/C24H21FN4O3/c1-28(22(23(26)30)16-6-4-8-18(25)12-16)24(31)17-7-5-9-20(13-17)32-15-19-14-29-11-3-2-10-21(29)27-19/h2-14,22H,15H2,1H3,(H2,26,30). The van der Waals surface area contributed by atoms with Gasteiger partial charge >= 0.3 is 0 Å². The van der Waals surface area contributed by atoms with Crippen molar-refractivity contribution >= 4 is 17.5 Å². The van der Waals surface area contributed by atoms with Crippen molar-refractivity contribution in [3.8, 4) is 5.75 Å². The van der Waals surface area contributed by atoms with E-state index in [-0.39, 0.29) is 6.61 Å². The van der Waals surface area contributed by atoms with Gasteiger partial charge in [0.25, 0.3) is 5.91 Å². The minimum atomic E-state index is -1.11. The SMILES string of the molecule is CN(C(=O)c1cccc(OCc2cn3ccccc3n2)c1)C(C(N)=O)c1cccc(F)c1. The Kier molecular flexibility index (Phi) is 5.85. The summed E-state index contributed by atoms with van der Waals surface area (Å²) in [6.07, 6.45) is 3.77. The predicted molar refractivity (Wildman–Crippen MR) is 116 cm³/mol. The molecule has 4 rings (SSSR count). The van der Waals surface area contributed by atoms with E-state index in [1.54, 1.807) is 30.3 Å². The van der Waals surface area contributed by atoms with Gasteiger partial charge in [0.2, 0.25) is 5.91 Å². The quantitative estimate of drug-likeness (QED) is 0.485. The third-order valence-electron chi connectivity index (χ3n) is 5.02. The molecule has 0 radical (unpaired) electrons. The Morgan fingerprint density at radius 3 is 2.69 bits per heavy atom. The predicted octanol–water partition coefficient (Wildman–Crippen LogP) is 3.35. The zero-order valence-electron chi connectivity index (χ0n) is 17.3. The third-order valence-corrected chi connectivity index (χ3v) is 5.02. The normalized spacial score (nSPS) is 11.8. The Morgan fingerprint density at radius 2 is 1.94 bits per heavy atom. The molecule has 0 aliphatic rings. The Hall–Kier alpha value is -4.20. The Labute approximate surface area is 183 Å². The fourth-order valence-corrected chi connectivity index (χ4v) is 3.51. The lowest BCUT2D eigenvalue weighted by molar-refractivity contribution is -0.122. The minimum Gasteiger partial charge on any atom is -0.487 e. The van der Waals surface area contributed by atoms with Gasteiger partial charge < -0.3 is 19.8 Å². The van der Waals surface area contributed by atoms with Gasteiger partial charge in [0.05, 0.1) is 5.69 Å². The average Bonchev–Trinajstić information content (AvgIpc) is 3.20. The number of carbonyl (C=O) groups excluding carboxylic acids is 2. The molecule has 4 aromatic rings. The topological polar surface area (TPSA) is 89.9 Å². The van der Waals surface area contributed by atoms with Crippen molar-refractivity contribution in [3.63, 3.8) is 0 Å². The lowest BCUT2D eigenvalue weighted by atomic mass is 10.0. The van der Waals surface area contributed by atoms with Crippen molar-refractivity contribution < 1.29 is 18.7 Å². The van der Waals surface area contributed by atoms with E-state index >= 15 is 0 Å². The molecule has 2 aromatic heterocycles. The van der Waals surface area contributed by atoms with Gasteiger partial charge in [0, 0.05) is 25.0 Å². The number of hydrogen-bond donors (Lipinski definition) is 1. The van der Waals surface area contributed by atoms with Crippen LogP contribution in [0.2, 0.25) is 0 Å². The zero-order chi connectivity index (χ0) is 22.7. The lowest BCUT2D eigenvalue weighted by Gasteiger charge is -2.26. The van der Waals surface area contributed by atoms with E-state index in [1.807, 2.05) is 35.0 Å². The number of fused-ring (bicyclic) bond motifs is 1. The molecule has 162 valence electrons. The molecule has 0 fully saturated rings. The second-order valence-electron chi connectivity index (χ2n) is 7.29. The molecule has 0 aliphatic heterocycles. The number of imidazole rings is 1. The van der Waals surface area contributed by atoms with Crippen LogP contribution in [0.15, 0.2) is 79.1 Å². The number of primary amides is 1. The van der Waals surface area contributed by atoms with Gasteiger partial charge in [-0.15, -0.1) is 0 Å². The van der Waals surface area contributed by atoms with Crippen molar-refractivity contribution in [2.75, 3.05) is 7.05 Å². The molecule has 0 spiro atoms. The maximum absolute atomic E-state index is 13.6. The molecule has 8 heteroatoms. The second kappa shape index (κ2) is 8.89. The molecule has 0 aliphatic carbocycles. The van der Waals surface area contributed by atoms with Crippen LogP contribution in [0.4, 0.5) is 4.39 Å². The molecular formula is C24H21FN4O3. The van der Waals surface area contributed by atoms with Crippen LogP contribution in [-0.2, 0) is 11.4 Å². The molecule has 7 nitrogen and oxygen atoms in total. The van der Waals surface area contributed by atoms with E-state index in [1.165, 1.54) is 30.1 Å². The summed E-state index contributed by atoms with van der Waals surface area (Å²) in [7, 11) is 1.45. The maximum Gasteiger partial charge on any atom is 0.254 e. The van der Waals surface area contributed by atoms with Crippen LogP contribution in [0.5, 0.6) is 5.75 Å². The van der Waals surface area contributed by atoms with Crippen LogP contribution >= 0.6 is 0 Å². The molecule has 0 saturated heterocycles. The average molecular weight is 432 g/mol. The number of halogens is 1. The number of likely N-dealkylation sites (N-methyl/N-ethyl adjacent to an activating group) is 1. The summed E-state index contributed by atoms with van der Waals surface area (Å²) in [6, 6.07) is 16.7. The number of nitrogens with two attached hydrogens (primary N) is 1. The van der Waals surface area contributed by atoms with E-state index in [0.29, 0.717) is 16.9 Å². The van der Waals surface area contributed by atoms with Gasteiger partial charge in [-0.3, -0.25) is 9.59 Å². The van der Waals surface area contributed by atoms with Crippen molar-refractivity contribution in [1.82, 2.24) is 14.3 Å². The number of pyridine rings is 1. The Morgan fingerprint density at radius 1 is 1.12 bits per heavy atom. The van der Waals surface area contributed by atoms with Gasteiger partial charge in [-0.2, -0.15) is 0 Å². The molecule has 0 bridgehead atoms. The first-order chi connectivity index (χ1) is 15.4. The number of aromatic nitrogens is 2. The van der Waals surface area contributed by atoms with Crippen LogP contribution < -0.4 is 10.5 Å². The number of rotatable bonds is 7. The van der Waals surface area contributed by atoms with E-state index < -0.39 is 23.7 Å². The molecule has 2 heterocycles. The molecule has 0 saturated carbocycles. The van der Waals surface area contributed by atoms with Crippen molar-refractivity contribution in [1.29, 1.82) is 0 Å². The molecular weight excluding hydrogens is 411 g/mol. The monoisotopic (exact) mass is 432 g/mol. The van der Waals surface area contributed by atoms with E-state index in [4.69, 9.17) is 10.5 Å². The van der Waals surface area contributed by atoms with Gasteiger partial charge in [-0.1, -0.05) is 24.3 Å². The largest absolute Gasteiger partial charge is 0.487 e. The van der Waals surface area contributed by atoms with Crippen LogP contribution in [0.25, 0.3) is 5.65 Å². The maximum atomic E-state index is 13.6. The molecule has 2 amide bonds. The highest BCUT2D eigenvalue weighted by atomic mass is 19.1. The number of ether oxygens (including phenoxy) is 1. The molecule has 2 aromatic carbocycles. The summed E-state index contributed by atoms with van der Waals surface area (Å²) >= 11 is 0. The van der Waals surface area contributed by atoms with E-state index in [2.05, 4.69) is 4.98 Å². The highest BCUT2D eigenvalue weighted by Crippen LogP contribution is 2.23. The minimum absolute atomic E-state index is 0.225. The number of benzene rings is 2. The van der Waals surface area contributed by atoms with Crippen molar-refractivity contribution in [3.05, 3.63) is 102 Å². The first kappa shape index (κ1) is 21.0. The lowest BCUT2D eigenvalue weighted by Crippen LogP contribution is -2.39. The number of carbonyl (C=O) groups is 2. The summed E-state index contributed by atoms with van der Waals surface area (Å²) in [5.41, 5.74) is 7.68. The van der Waals surface area contributed by atoms with Crippen molar-refractivity contribution in [2.24, 2.45) is 5.73 Å². The third kappa shape index (κ3) is 4.44. The van der Waals surface area contributed by atoms with Crippen molar-refractivity contribution in [2.45, 2.75) is 12.6 Å². The number of hydrogen-bond acceptors (Lipinski definition) is 4. The summed E-state index contributed by atoms with van der Waals surface area (Å²) in [4.78, 5) is 30.8. The number of nitrogens with zero attached hydrogens (tertiary/aromatic N) is 3. The summed E-state index contributed by atoms with van der Waals surface area (Å²) in [6.45, 7) is 0.225. The fourth-order valence-electron chi connectivity index (χ4n) is 3.51. The smallest absolute Gasteiger partial charge is 0.254 e. The highest BCUT2D eigenvalue weighted by molar-refractivity contribution is 5.97. The van der Waals surface area contributed by atoms with Crippen LogP contribution in [0.3, 0.4) is 0 Å². The molecule has 1 atom stereocenters. The fraction of sp³-hybridized carbons (Fsp3) is 0.125. The zero-order valence-corrected chi connectivity index (χ0v) is 17.3. The van der Waals surface area contributed by atoms with Crippen LogP contribution in [-0.4, -0.2) is 33.1 Å². The van der Waals surface area contributed by atoms with Crippen LogP contribution in [0, 0.1) is 5.82 Å². The molecule has 2 N–H and O–H groups in total. The van der Waals surface area contributed by atoms with E-state index in [0.717, 1.165) is 11.3 Å². The highest BCUT2D eigenvalue weighted by Gasteiger charge is 2.28. The molecule has 32 heavy (non-hydrogen) atoms. The van der Waals surface area contributed by atoms with Crippen LogP contribution in [0.1, 0.15) is 27.7 Å². The first-order valence-corrected chi connectivity index (χ1v) is 9.90.